The third-order valence-corrected chi connectivity index (χ3v) is 5.46. The highest BCUT2D eigenvalue weighted by atomic mass is 16.5. The predicted molar refractivity (Wildman–Crippen MR) is 121 cm³/mol. The molecule has 31 heavy (non-hydrogen) atoms. The van der Waals surface area contributed by atoms with Crippen molar-refractivity contribution < 1.29 is 14.3 Å². The summed E-state index contributed by atoms with van der Waals surface area (Å²) >= 11 is 0. The maximum absolute atomic E-state index is 12.8. The van der Waals surface area contributed by atoms with Crippen LogP contribution in [-0.2, 0) is 11.3 Å². The minimum atomic E-state index is -0.443. The Morgan fingerprint density at radius 2 is 1.71 bits per heavy atom. The van der Waals surface area contributed by atoms with Gasteiger partial charge in [-0.2, -0.15) is 0 Å². The topological polar surface area (TPSA) is 79.7 Å². The minimum absolute atomic E-state index is 0.222. The molecule has 0 spiro atoms. The molecular formula is C23H27N5O3. The fraction of sp³-hybridized carbons (Fsp3) is 0.348. The standard InChI is InChI=1S/C23H27N5O3/c1-3-28-20-12-8-7-11-19(20)24-22(28)26-13-15-27(16-14-26)23(30)25-18-10-6-5-9-17(18)21(29)31-4-2/h5-12H,3-4,13-16H2,1-2H3,(H,25,30). The van der Waals surface area contributed by atoms with Crippen LogP contribution in [0.2, 0.25) is 0 Å². The smallest absolute Gasteiger partial charge is 0.340 e. The number of piperazine rings is 1. The zero-order valence-electron chi connectivity index (χ0n) is 17.9. The summed E-state index contributed by atoms with van der Waals surface area (Å²) in [5, 5.41) is 2.87. The molecule has 4 rings (SSSR count). The Hall–Kier alpha value is -3.55. The Balaban J connectivity index is 1.43. The number of fused-ring (bicyclic) bond motifs is 1. The van der Waals surface area contributed by atoms with Gasteiger partial charge in [-0.05, 0) is 38.1 Å². The fourth-order valence-electron chi connectivity index (χ4n) is 3.90. The van der Waals surface area contributed by atoms with Crippen LogP contribution in [-0.4, -0.2) is 59.2 Å². The van der Waals surface area contributed by atoms with Crippen LogP contribution in [0.5, 0.6) is 0 Å². The van der Waals surface area contributed by atoms with E-state index < -0.39 is 5.97 Å². The molecule has 1 N–H and O–H groups in total. The summed E-state index contributed by atoms with van der Waals surface area (Å²) in [6.07, 6.45) is 0. The van der Waals surface area contributed by atoms with Gasteiger partial charge in [0.05, 0.1) is 28.9 Å². The third-order valence-electron chi connectivity index (χ3n) is 5.46. The van der Waals surface area contributed by atoms with Crippen LogP contribution in [0.1, 0.15) is 24.2 Å². The lowest BCUT2D eigenvalue weighted by Gasteiger charge is -2.35. The maximum Gasteiger partial charge on any atom is 0.340 e. The van der Waals surface area contributed by atoms with Gasteiger partial charge < -0.3 is 24.4 Å². The highest BCUT2D eigenvalue weighted by molar-refractivity contribution is 6.00. The number of esters is 1. The number of rotatable bonds is 5. The van der Waals surface area contributed by atoms with E-state index in [0.29, 0.717) is 37.4 Å². The molecular weight excluding hydrogens is 394 g/mol. The van der Waals surface area contributed by atoms with Crippen molar-refractivity contribution in [2.24, 2.45) is 0 Å². The van der Waals surface area contributed by atoms with E-state index in [1.165, 1.54) is 0 Å². The summed E-state index contributed by atoms with van der Waals surface area (Å²) in [5.74, 6) is 0.498. The van der Waals surface area contributed by atoms with Crippen molar-refractivity contribution in [3.8, 4) is 0 Å². The van der Waals surface area contributed by atoms with Gasteiger partial charge in [0.15, 0.2) is 0 Å². The molecule has 0 radical (unpaired) electrons. The lowest BCUT2D eigenvalue weighted by molar-refractivity contribution is 0.0527. The first kappa shape index (κ1) is 20.7. The summed E-state index contributed by atoms with van der Waals surface area (Å²) in [7, 11) is 0. The predicted octanol–water partition coefficient (Wildman–Crippen LogP) is 3.59. The van der Waals surface area contributed by atoms with Crippen molar-refractivity contribution in [3.63, 3.8) is 0 Å². The summed E-state index contributed by atoms with van der Waals surface area (Å²) in [6.45, 7) is 7.51. The molecule has 1 aromatic heterocycles. The molecule has 1 fully saturated rings. The van der Waals surface area contributed by atoms with Gasteiger partial charge in [-0.25, -0.2) is 14.6 Å². The molecule has 1 saturated heterocycles. The van der Waals surface area contributed by atoms with E-state index in [1.807, 2.05) is 18.2 Å². The van der Waals surface area contributed by atoms with E-state index in [0.717, 1.165) is 23.5 Å². The minimum Gasteiger partial charge on any atom is -0.462 e. The molecule has 2 heterocycles. The molecule has 3 aromatic rings. The molecule has 0 bridgehead atoms. The Bertz CT molecular complexity index is 1090. The second-order valence-electron chi connectivity index (χ2n) is 7.32. The lowest BCUT2D eigenvalue weighted by atomic mass is 10.2. The first-order chi connectivity index (χ1) is 15.1. The molecule has 0 unspecified atom stereocenters. The molecule has 0 aliphatic carbocycles. The maximum atomic E-state index is 12.8. The van der Waals surface area contributed by atoms with Crippen LogP contribution >= 0.6 is 0 Å². The van der Waals surface area contributed by atoms with Crippen LogP contribution in [0.4, 0.5) is 16.4 Å². The highest BCUT2D eigenvalue weighted by Gasteiger charge is 2.25. The zero-order valence-corrected chi connectivity index (χ0v) is 17.9. The molecule has 2 amide bonds. The molecule has 0 saturated carbocycles. The van der Waals surface area contributed by atoms with Crippen molar-refractivity contribution in [2.75, 3.05) is 43.0 Å². The zero-order chi connectivity index (χ0) is 21.8. The first-order valence-electron chi connectivity index (χ1n) is 10.6. The number of anilines is 2. The summed E-state index contributed by atoms with van der Waals surface area (Å²) in [4.78, 5) is 33.8. The average Bonchev–Trinajstić information content (AvgIpc) is 3.18. The summed E-state index contributed by atoms with van der Waals surface area (Å²) < 4.78 is 7.29. The van der Waals surface area contributed by atoms with Gasteiger partial charge in [0.1, 0.15) is 0 Å². The van der Waals surface area contributed by atoms with Crippen LogP contribution in [0.15, 0.2) is 48.5 Å². The number of urea groups is 1. The number of para-hydroxylation sites is 3. The Morgan fingerprint density at radius 1 is 1.00 bits per heavy atom. The van der Waals surface area contributed by atoms with Crippen molar-refractivity contribution in [1.82, 2.24) is 14.5 Å². The normalized spacial score (nSPS) is 14.0. The van der Waals surface area contributed by atoms with Gasteiger partial charge in [0.2, 0.25) is 5.95 Å². The van der Waals surface area contributed by atoms with E-state index >= 15 is 0 Å². The molecule has 8 nitrogen and oxygen atoms in total. The molecule has 0 atom stereocenters. The molecule has 1 aliphatic heterocycles. The van der Waals surface area contributed by atoms with Gasteiger partial charge >= 0.3 is 12.0 Å². The molecule has 2 aromatic carbocycles. The van der Waals surface area contributed by atoms with E-state index in [9.17, 15) is 9.59 Å². The quantitative estimate of drug-likeness (QED) is 0.637. The number of carbonyl (C=O) groups excluding carboxylic acids is 2. The number of hydrogen-bond donors (Lipinski definition) is 1. The monoisotopic (exact) mass is 421 g/mol. The second-order valence-corrected chi connectivity index (χ2v) is 7.32. The van der Waals surface area contributed by atoms with E-state index in [2.05, 4.69) is 27.8 Å². The number of nitrogens with zero attached hydrogens (tertiary/aromatic N) is 4. The van der Waals surface area contributed by atoms with Crippen LogP contribution < -0.4 is 10.2 Å². The van der Waals surface area contributed by atoms with E-state index in [4.69, 9.17) is 9.72 Å². The van der Waals surface area contributed by atoms with Gasteiger partial charge in [-0.3, -0.25) is 0 Å². The number of aromatic nitrogens is 2. The first-order valence-corrected chi connectivity index (χ1v) is 10.6. The number of ether oxygens (including phenoxy) is 1. The SMILES string of the molecule is CCOC(=O)c1ccccc1NC(=O)N1CCN(c2nc3ccccc3n2CC)CC1. The van der Waals surface area contributed by atoms with Gasteiger partial charge in [0, 0.05) is 32.7 Å². The van der Waals surface area contributed by atoms with Gasteiger partial charge in [0.25, 0.3) is 0 Å². The number of aryl methyl sites for hydroxylation is 1. The lowest BCUT2D eigenvalue weighted by Crippen LogP contribution is -2.50. The van der Waals surface area contributed by atoms with Crippen LogP contribution in [0, 0.1) is 0 Å². The fourth-order valence-corrected chi connectivity index (χ4v) is 3.90. The van der Waals surface area contributed by atoms with Crippen LogP contribution in [0.3, 0.4) is 0 Å². The second kappa shape index (κ2) is 9.07. The van der Waals surface area contributed by atoms with Crippen molar-refractivity contribution in [3.05, 3.63) is 54.1 Å². The number of hydrogen-bond acceptors (Lipinski definition) is 5. The number of nitrogens with one attached hydrogen (secondary N) is 1. The number of carbonyl (C=O) groups is 2. The number of benzene rings is 2. The number of imidazole rings is 1. The van der Waals surface area contributed by atoms with E-state index in [-0.39, 0.29) is 12.6 Å². The van der Waals surface area contributed by atoms with E-state index in [1.54, 1.807) is 36.1 Å². The Morgan fingerprint density at radius 3 is 2.45 bits per heavy atom. The molecule has 162 valence electrons. The average molecular weight is 422 g/mol. The molecule has 8 heteroatoms. The Labute approximate surface area is 181 Å². The summed E-state index contributed by atoms with van der Waals surface area (Å²) in [6, 6.07) is 14.8. The largest absolute Gasteiger partial charge is 0.462 e. The number of amides is 2. The van der Waals surface area contributed by atoms with Crippen LogP contribution in [0.25, 0.3) is 11.0 Å². The van der Waals surface area contributed by atoms with Gasteiger partial charge in [-0.15, -0.1) is 0 Å². The Kier molecular flexibility index (Phi) is 6.06. The summed E-state index contributed by atoms with van der Waals surface area (Å²) in [5.41, 5.74) is 2.92. The van der Waals surface area contributed by atoms with Gasteiger partial charge in [-0.1, -0.05) is 24.3 Å². The van der Waals surface area contributed by atoms with Crippen molar-refractivity contribution in [2.45, 2.75) is 20.4 Å². The third kappa shape index (κ3) is 4.19. The molecule has 1 aliphatic rings. The van der Waals surface area contributed by atoms with Crippen molar-refractivity contribution in [1.29, 1.82) is 0 Å². The van der Waals surface area contributed by atoms with Crippen molar-refractivity contribution >= 4 is 34.7 Å². The highest BCUT2D eigenvalue weighted by Crippen LogP contribution is 2.24.